The number of hydrogen-bond donors (Lipinski definition) is 2. The zero-order chi connectivity index (χ0) is 13.7. The summed E-state index contributed by atoms with van der Waals surface area (Å²) in [4.78, 5) is 0. The van der Waals surface area contributed by atoms with E-state index in [1.54, 1.807) is 18.2 Å². The highest BCUT2D eigenvalue weighted by Gasteiger charge is 1.92. The van der Waals surface area contributed by atoms with E-state index in [0.29, 0.717) is 11.4 Å². The molecule has 0 aromatic heterocycles. The normalized spacial score (nSPS) is 9.74. The molecule has 3 aromatic carbocycles. The van der Waals surface area contributed by atoms with Crippen molar-refractivity contribution in [2.75, 3.05) is 11.5 Å². The maximum absolute atomic E-state index is 5.38. The van der Waals surface area contributed by atoms with Crippen LogP contribution >= 0.6 is 0 Å². The van der Waals surface area contributed by atoms with Crippen LogP contribution in [0.3, 0.4) is 0 Å². The van der Waals surface area contributed by atoms with Gasteiger partial charge >= 0.3 is 0 Å². The highest BCUT2D eigenvalue weighted by Crippen LogP contribution is 2.16. The lowest BCUT2D eigenvalue weighted by molar-refractivity contribution is 1.53. The molecule has 0 spiro atoms. The Kier molecular flexibility index (Phi) is 4.04. The first-order valence-electron chi connectivity index (χ1n) is 6.22. The van der Waals surface area contributed by atoms with Crippen molar-refractivity contribution in [2.24, 2.45) is 0 Å². The van der Waals surface area contributed by atoms with Crippen LogP contribution in [-0.4, -0.2) is 0 Å². The second-order valence-electron chi connectivity index (χ2n) is 4.47. The number of nitrogen functional groups attached to an aromatic ring is 2. The Morgan fingerprint density at radius 3 is 1.84 bits per heavy atom. The summed E-state index contributed by atoms with van der Waals surface area (Å²) in [6.07, 6.45) is 0. The molecule has 19 heavy (non-hydrogen) atoms. The van der Waals surface area contributed by atoms with E-state index in [2.05, 4.69) is 49.4 Å². The molecule has 2 nitrogen and oxygen atoms in total. The van der Waals surface area contributed by atoms with Gasteiger partial charge in [-0.15, -0.1) is 0 Å². The Morgan fingerprint density at radius 2 is 1.26 bits per heavy atom. The summed E-state index contributed by atoms with van der Waals surface area (Å²) >= 11 is 0. The second-order valence-corrected chi connectivity index (χ2v) is 4.47. The largest absolute Gasteiger partial charge is 0.399 e. The van der Waals surface area contributed by atoms with E-state index in [4.69, 9.17) is 11.5 Å². The minimum atomic E-state index is 0.713. The van der Waals surface area contributed by atoms with E-state index in [-0.39, 0.29) is 0 Å². The zero-order valence-electron chi connectivity index (χ0n) is 11.0. The summed E-state index contributed by atoms with van der Waals surface area (Å²) in [6.45, 7) is 2.14. The molecule has 0 aliphatic carbocycles. The van der Waals surface area contributed by atoms with Crippen LogP contribution in [0.1, 0.15) is 5.56 Å². The molecular formula is C17H18N2. The number of fused-ring (bicyclic) bond motifs is 1. The van der Waals surface area contributed by atoms with E-state index in [0.717, 1.165) is 0 Å². The molecular weight excluding hydrogens is 232 g/mol. The number of hydrogen-bond acceptors (Lipinski definition) is 2. The molecule has 0 radical (unpaired) electrons. The summed E-state index contributed by atoms with van der Waals surface area (Å²) in [5.41, 5.74) is 13.5. The number of rotatable bonds is 0. The van der Waals surface area contributed by atoms with Crippen molar-refractivity contribution >= 4 is 22.1 Å². The van der Waals surface area contributed by atoms with Gasteiger partial charge in [0.05, 0.1) is 0 Å². The third-order valence-corrected chi connectivity index (χ3v) is 2.92. The van der Waals surface area contributed by atoms with Gasteiger partial charge < -0.3 is 11.5 Å². The topological polar surface area (TPSA) is 52.0 Å². The monoisotopic (exact) mass is 250 g/mol. The maximum Gasteiger partial charge on any atom is 0.0334 e. The Balaban J connectivity index is 0.000000148. The van der Waals surface area contributed by atoms with E-state index < -0.39 is 0 Å². The van der Waals surface area contributed by atoms with Gasteiger partial charge in [0.25, 0.3) is 0 Å². The lowest BCUT2D eigenvalue weighted by atomic mass is 10.1. The fraction of sp³-hybridized carbons (Fsp3) is 0.0588. The summed E-state index contributed by atoms with van der Waals surface area (Å²) < 4.78 is 0. The van der Waals surface area contributed by atoms with Gasteiger partial charge in [0.1, 0.15) is 0 Å². The van der Waals surface area contributed by atoms with Gasteiger partial charge in [-0.3, -0.25) is 0 Å². The molecule has 0 atom stereocenters. The molecule has 0 heterocycles. The maximum atomic E-state index is 5.38. The SMILES string of the molecule is Cc1cccc2ccccc12.Nc1cccc(N)c1. The molecule has 0 bridgehead atoms. The van der Waals surface area contributed by atoms with Crippen LogP contribution < -0.4 is 11.5 Å². The van der Waals surface area contributed by atoms with Crippen LogP contribution in [0.25, 0.3) is 10.8 Å². The first-order valence-corrected chi connectivity index (χ1v) is 6.22. The van der Waals surface area contributed by atoms with Crippen molar-refractivity contribution in [3.63, 3.8) is 0 Å². The number of nitrogens with two attached hydrogens (primary N) is 2. The summed E-state index contributed by atoms with van der Waals surface area (Å²) in [7, 11) is 0. The molecule has 0 aliphatic rings. The predicted octanol–water partition coefficient (Wildman–Crippen LogP) is 4.00. The standard InChI is InChI=1S/C11H10.C6H8N2/c1-9-5-4-7-10-6-2-3-8-11(9)10;7-5-2-1-3-6(8)4-5/h2-8H,1H3;1-4H,7-8H2. The van der Waals surface area contributed by atoms with Crippen molar-refractivity contribution in [1.82, 2.24) is 0 Å². The number of anilines is 2. The summed E-state index contributed by atoms with van der Waals surface area (Å²) in [5, 5.41) is 2.68. The fourth-order valence-electron chi connectivity index (χ4n) is 1.95. The highest BCUT2D eigenvalue weighted by atomic mass is 14.6. The fourth-order valence-corrected chi connectivity index (χ4v) is 1.95. The number of aryl methyl sites for hydroxylation is 1. The first-order chi connectivity index (χ1) is 9.16. The van der Waals surface area contributed by atoms with Crippen LogP contribution in [0.4, 0.5) is 11.4 Å². The molecule has 2 heteroatoms. The lowest BCUT2D eigenvalue weighted by Crippen LogP contribution is -1.87. The third-order valence-electron chi connectivity index (χ3n) is 2.92. The van der Waals surface area contributed by atoms with Crippen molar-refractivity contribution in [1.29, 1.82) is 0 Å². The second kappa shape index (κ2) is 5.91. The van der Waals surface area contributed by atoms with E-state index >= 15 is 0 Å². The van der Waals surface area contributed by atoms with Gasteiger partial charge in [0.15, 0.2) is 0 Å². The minimum absolute atomic E-state index is 0.713. The molecule has 4 N–H and O–H groups in total. The Morgan fingerprint density at radius 1 is 0.684 bits per heavy atom. The quantitative estimate of drug-likeness (QED) is 0.592. The van der Waals surface area contributed by atoms with E-state index in [9.17, 15) is 0 Å². The Hall–Kier alpha value is -2.48. The Bertz CT molecular complexity index is 652. The van der Waals surface area contributed by atoms with Gasteiger partial charge in [-0.05, 0) is 41.5 Å². The zero-order valence-corrected chi connectivity index (χ0v) is 11.0. The summed E-state index contributed by atoms with van der Waals surface area (Å²) in [5.74, 6) is 0. The molecule has 3 rings (SSSR count). The molecule has 0 unspecified atom stereocenters. The van der Waals surface area contributed by atoms with Gasteiger partial charge in [-0.2, -0.15) is 0 Å². The minimum Gasteiger partial charge on any atom is -0.399 e. The molecule has 0 fully saturated rings. The lowest BCUT2D eigenvalue weighted by Gasteiger charge is -1.98. The van der Waals surface area contributed by atoms with E-state index in [1.165, 1.54) is 16.3 Å². The summed E-state index contributed by atoms with van der Waals surface area (Å²) in [6, 6.07) is 22.0. The molecule has 0 aliphatic heterocycles. The van der Waals surface area contributed by atoms with Crippen molar-refractivity contribution in [3.05, 3.63) is 72.3 Å². The molecule has 0 saturated heterocycles. The molecule has 96 valence electrons. The van der Waals surface area contributed by atoms with Gasteiger partial charge in [0, 0.05) is 11.4 Å². The predicted molar refractivity (Wildman–Crippen MR) is 84.0 cm³/mol. The van der Waals surface area contributed by atoms with Crippen molar-refractivity contribution in [2.45, 2.75) is 6.92 Å². The average Bonchev–Trinajstić information content (AvgIpc) is 2.40. The number of benzene rings is 3. The van der Waals surface area contributed by atoms with Crippen LogP contribution in [0.5, 0.6) is 0 Å². The highest BCUT2D eigenvalue weighted by molar-refractivity contribution is 5.85. The van der Waals surface area contributed by atoms with Crippen LogP contribution in [0, 0.1) is 6.92 Å². The third kappa shape index (κ3) is 3.49. The van der Waals surface area contributed by atoms with Crippen LogP contribution in [0.15, 0.2) is 66.7 Å². The Labute approximate surface area is 113 Å². The van der Waals surface area contributed by atoms with Crippen molar-refractivity contribution < 1.29 is 0 Å². The van der Waals surface area contributed by atoms with E-state index in [1.807, 2.05) is 6.07 Å². The molecule has 3 aromatic rings. The smallest absolute Gasteiger partial charge is 0.0334 e. The van der Waals surface area contributed by atoms with Gasteiger partial charge in [-0.1, -0.05) is 48.5 Å². The molecule has 0 saturated carbocycles. The van der Waals surface area contributed by atoms with Gasteiger partial charge in [0.2, 0.25) is 0 Å². The first kappa shape index (κ1) is 13.0. The van der Waals surface area contributed by atoms with Crippen LogP contribution in [0.2, 0.25) is 0 Å². The van der Waals surface area contributed by atoms with Gasteiger partial charge in [-0.25, -0.2) is 0 Å². The van der Waals surface area contributed by atoms with Crippen LogP contribution in [-0.2, 0) is 0 Å². The molecule has 0 amide bonds. The average molecular weight is 250 g/mol. The van der Waals surface area contributed by atoms with Crippen molar-refractivity contribution in [3.8, 4) is 0 Å².